The molecule has 0 spiro atoms. The van der Waals surface area contributed by atoms with E-state index in [2.05, 4.69) is 10.4 Å². The number of nitrogens with one attached hydrogen (secondary N) is 1. The molecule has 0 aliphatic rings. The topological polar surface area (TPSA) is 57.1 Å². The van der Waals surface area contributed by atoms with E-state index in [0.29, 0.717) is 11.7 Å². The predicted molar refractivity (Wildman–Crippen MR) is 97.0 cm³/mol. The first-order valence-electron chi connectivity index (χ1n) is 7.15. The van der Waals surface area contributed by atoms with Gasteiger partial charge in [-0.1, -0.05) is 18.2 Å². The van der Waals surface area contributed by atoms with Crippen molar-refractivity contribution in [3.8, 4) is 5.75 Å². The van der Waals surface area contributed by atoms with E-state index in [1.165, 1.54) is 0 Å². The summed E-state index contributed by atoms with van der Waals surface area (Å²) in [5.74, 6) is 0.788. The molecule has 23 heavy (non-hydrogen) atoms. The van der Waals surface area contributed by atoms with Crippen molar-refractivity contribution in [3.63, 3.8) is 0 Å². The average Bonchev–Trinajstić information content (AvgIpc) is 2.60. The number of methoxy groups -OCH3 is 1. The zero-order valence-corrected chi connectivity index (χ0v) is 13.7. The zero-order valence-electron chi connectivity index (χ0n) is 12.8. The molecular formula is C17H19N3O2S. The fourth-order valence-corrected chi connectivity index (χ4v) is 2.10. The van der Waals surface area contributed by atoms with E-state index in [4.69, 9.17) is 17.0 Å². The summed E-state index contributed by atoms with van der Waals surface area (Å²) < 4.78 is 5.12. The number of ether oxygens (including phenoxy) is 1. The molecule has 0 fully saturated rings. The molecule has 0 amide bonds. The SMILES string of the molecule is COc1ccc(/C=N\N(CCO)C(=S)Nc2ccccc2)cc1. The van der Waals surface area contributed by atoms with Crippen LogP contribution in [0.4, 0.5) is 5.69 Å². The summed E-state index contributed by atoms with van der Waals surface area (Å²) in [6, 6.07) is 17.1. The molecule has 2 aromatic rings. The van der Waals surface area contributed by atoms with Gasteiger partial charge in [0.25, 0.3) is 0 Å². The summed E-state index contributed by atoms with van der Waals surface area (Å²) in [4.78, 5) is 0. The highest BCUT2D eigenvalue weighted by atomic mass is 32.1. The van der Waals surface area contributed by atoms with E-state index in [1.807, 2.05) is 54.6 Å². The van der Waals surface area contributed by atoms with Crippen LogP contribution in [0.5, 0.6) is 5.75 Å². The Morgan fingerprint density at radius 3 is 2.52 bits per heavy atom. The van der Waals surface area contributed by atoms with Gasteiger partial charge < -0.3 is 15.2 Å². The average molecular weight is 329 g/mol. The number of hydrogen-bond donors (Lipinski definition) is 2. The van der Waals surface area contributed by atoms with Crippen LogP contribution < -0.4 is 10.1 Å². The Balaban J connectivity index is 2.04. The van der Waals surface area contributed by atoms with Crippen molar-refractivity contribution in [2.75, 3.05) is 25.6 Å². The zero-order chi connectivity index (χ0) is 16.5. The van der Waals surface area contributed by atoms with Crippen molar-refractivity contribution in [3.05, 3.63) is 60.2 Å². The van der Waals surface area contributed by atoms with Crippen molar-refractivity contribution in [2.24, 2.45) is 5.10 Å². The quantitative estimate of drug-likeness (QED) is 0.485. The van der Waals surface area contributed by atoms with E-state index in [0.717, 1.165) is 17.0 Å². The largest absolute Gasteiger partial charge is 0.497 e. The lowest BCUT2D eigenvalue weighted by atomic mass is 10.2. The maximum atomic E-state index is 9.20. The van der Waals surface area contributed by atoms with Gasteiger partial charge in [-0.05, 0) is 54.2 Å². The fraction of sp³-hybridized carbons (Fsp3) is 0.176. The lowest BCUT2D eigenvalue weighted by Gasteiger charge is -2.19. The van der Waals surface area contributed by atoms with Crippen LogP contribution >= 0.6 is 12.2 Å². The third kappa shape index (κ3) is 5.36. The number of aliphatic hydroxyl groups is 1. The van der Waals surface area contributed by atoms with Crippen molar-refractivity contribution in [1.29, 1.82) is 0 Å². The lowest BCUT2D eigenvalue weighted by molar-refractivity contribution is 0.255. The highest BCUT2D eigenvalue weighted by Gasteiger charge is 2.07. The highest BCUT2D eigenvalue weighted by Crippen LogP contribution is 2.10. The number of rotatable bonds is 6. The molecule has 2 rings (SSSR count). The minimum atomic E-state index is -0.0451. The number of hydrazone groups is 1. The van der Waals surface area contributed by atoms with Crippen LogP contribution in [0.15, 0.2) is 59.7 Å². The second-order valence-corrected chi connectivity index (χ2v) is 5.05. The number of nitrogens with zero attached hydrogens (tertiary/aromatic N) is 2. The van der Waals surface area contributed by atoms with Gasteiger partial charge in [-0.2, -0.15) is 5.10 Å². The molecule has 0 radical (unpaired) electrons. The summed E-state index contributed by atoms with van der Waals surface area (Å²) >= 11 is 5.35. The Labute approximate surface area is 141 Å². The number of anilines is 1. The standard InChI is InChI=1S/C17H19N3O2S/c1-22-16-9-7-14(8-10-16)13-18-20(11-12-21)17(23)19-15-5-3-2-4-6-15/h2-10,13,21H,11-12H2,1H3,(H,19,23)/b18-13-. The van der Waals surface area contributed by atoms with Gasteiger partial charge in [-0.25, -0.2) is 5.01 Å². The molecule has 0 bridgehead atoms. The Morgan fingerprint density at radius 1 is 1.22 bits per heavy atom. The Bertz CT molecular complexity index is 645. The minimum absolute atomic E-state index is 0.0451. The summed E-state index contributed by atoms with van der Waals surface area (Å²) in [6.45, 7) is 0.266. The van der Waals surface area contributed by atoms with Crippen molar-refractivity contribution < 1.29 is 9.84 Å². The third-order valence-corrected chi connectivity index (χ3v) is 3.35. The van der Waals surface area contributed by atoms with Gasteiger partial charge in [0.1, 0.15) is 5.75 Å². The number of thiocarbonyl (C=S) groups is 1. The van der Waals surface area contributed by atoms with Gasteiger partial charge in [0.2, 0.25) is 0 Å². The van der Waals surface area contributed by atoms with Crippen LogP contribution in [0.2, 0.25) is 0 Å². The maximum absolute atomic E-state index is 9.20. The number of hydrogen-bond acceptors (Lipinski definition) is 4. The highest BCUT2D eigenvalue weighted by molar-refractivity contribution is 7.80. The summed E-state index contributed by atoms with van der Waals surface area (Å²) in [5, 5.41) is 18.6. The Morgan fingerprint density at radius 2 is 1.91 bits per heavy atom. The van der Waals surface area contributed by atoms with Gasteiger partial charge in [0, 0.05) is 5.69 Å². The maximum Gasteiger partial charge on any atom is 0.194 e. The molecule has 0 aromatic heterocycles. The van der Waals surface area contributed by atoms with Gasteiger partial charge in [0.05, 0.1) is 26.5 Å². The summed E-state index contributed by atoms with van der Waals surface area (Å²) in [5.41, 5.74) is 1.79. The van der Waals surface area contributed by atoms with Crippen LogP contribution in [0, 0.1) is 0 Å². The molecule has 0 saturated carbocycles. The van der Waals surface area contributed by atoms with Gasteiger partial charge >= 0.3 is 0 Å². The van der Waals surface area contributed by atoms with E-state index in [9.17, 15) is 5.11 Å². The van der Waals surface area contributed by atoms with Crippen molar-refractivity contribution in [2.45, 2.75) is 0 Å². The van der Waals surface area contributed by atoms with Crippen molar-refractivity contribution >= 4 is 29.2 Å². The molecule has 2 aromatic carbocycles. The normalized spacial score (nSPS) is 10.5. The Kier molecular flexibility index (Phi) is 6.53. The molecule has 2 N–H and O–H groups in total. The molecule has 6 heteroatoms. The molecule has 0 unspecified atom stereocenters. The van der Waals surface area contributed by atoms with E-state index >= 15 is 0 Å². The number of benzene rings is 2. The van der Waals surface area contributed by atoms with Crippen LogP contribution in [0.1, 0.15) is 5.56 Å². The minimum Gasteiger partial charge on any atom is -0.497 e. The Hall–Kier alpha value is -2.44. The molecule has 0 heterocycles. The van der Waals surface area contributed by atoms with Crippen LogP contribution in [-0.2, 0) is 0 Å². The van der Waals surface area contributed by atoms with E-state index < -0.39 is 0 Å². The first kappa shape index (κ1) is 16.9. The van der Waals surface area contributed by atoms with Gasteiger partial charge in [-0.15, -0.1) is 0 Å². The van der Waals surface area contributed by atoms with Crippen LogP contribution in [-0.4, -0.2) is 41.7 Å². The van der Waals surface area contributed by atoms with E-state index in [-0.39, 0.29) is 6.61 Å². The van der Waals surface area contributed by atoms with Gasteiger partial charge in [-0.3, -0.25) is 0 Å². The summed E-state index contributed by atoms with van der Waals surface area (Å²) in [7, 11) is 1.62. The second kappa shape index (κ2) is 8.87. The predicted octanol–water partition coefficient (Wildman–Crippen LogP) is 2.72. The first-order chi connectivity index (χ1) is 11.2. The smallest absolute Gasteiger partial charge is 0.194 e. The molecule has 0 saturated heterocycles. The number of aliphatic hydroxyl groups excluding tert-OH is 1. The van der Waals surface area contributed by atoms with Crippen LogP contribution in [0.3, 0.4) is 0 Å². The van der Waals surface area contributed by atoms with Crippen LogP contribution in [0.25, 0.3) is 0 Å². The second-order valence-electron chi connectivity index (χ2n) is 4.66. The molecule has 0 atom stereocenters. The molecule has 5 nitrogen and oxygen atoms in total. The molecule has 0 aliphatic heterocycles. The third-order valence-electron chi connectivity index (χ3n) is 3.03. The van der Waals surface area contributed by atoms with Crippen molar-refractivity contribution in [1.82, 2.24) is 5.01 Å². The first-order valence-corrected chi connectivity index (χ1v) is 7.56. The molecule has 120 valence electrons. The molecular weight excluding hydrogens is 310 g/mol. The molecule has 0 aliphatic carbocycles. The van der Waals surface area contributed by atoms with E-state index in [1.54, 1.807) is 18.3 Å². The monoisotopic (exact) mass is 329 g/mol. The number of para-hydroxylation sites is 1. The lowest BCUT2D eigenvalue weighted by Crippen LogP contribution is -2.32. The van der Waals surface area contributed by atoms with Gasteiger partial charge in [0.15, 0.2) is 5.11 Å². The fourth-order valence-electron chi connectivity index (χ4n) is 1.84. The summed E-state index contributed by atoms with van der Waals surface area (Å²) in [6.07, 6.45) is 1.69.